The Labute approximate surface area is 228 Å². The first kappa shape index (κ1) is 25.6. The van der Waals surface area contributed by atoms with Crippen LogP contribution in [0.2, 0.25) is 0 Å². The number of aryl methyl sites for hydroxylation is 1. The van der Waals surface area contributed by atoms with Crippen LogP contribution < -0.4 is 4.31 Å². The van der Waals surface area contributed by atoms with Crippen molar-refractivity contribution in [3.8, 4) is 0 Å². The van der Waals surface area contributed by atoms with Gasteiger partial charge in [0, 0.05) is 18.7 Å². The second-order valence-electron chi connectivity index (χ2n) is 9.46. The first-order chi connectivity index (χ1) is 18.8. The summed E-state index contributed by atoms with van der Waals surface area (Å²) >= 11 is 1.42. The molecule has 0 N–H and O–H groups in total. The molecular formula is C27H24F2N6O2S2. The molecule has 3 aromatic carbocycles. The Kier molecular flexibility index (Phi) is 6.46. The molecule has 200 valence electrons. The van der Waals surface area contributed by atoms with E-state index in [4.69, 9.17) is 0 Å². The number of hydrogen-bond acceptors (Lipinski definition) is 7. The van der Waals surface area contributed by atoms with Crippen LogP contribution in [0.5, 0.6) is 0 Å². The van der Waals surface area contributed by atoms with Gasteiger partial charge < -0.3 is 0 Å². The molecule has 0 amide bonds. The lowest BCUT2D eigenvalue weighted by Gasteiger charge is -2.25. The molecule has 2 heterocycles. The van der Waals surface area contributed by atoms with Crippen LogP contribution in [0.3, 0.4) is 0 Å². The summed E-state index contributed by atoms with van der Waals surface area (Å²) in [7, 11) is -2.49. The number of aromatic nitrogens is 5. The van der Waals surface area contributed by atoms with E-state index in [1.54, 1.807) is 25.2 Å². The van der Waals surface area contributed by atoms with Crippen molar-refractivity contribution in [2.75, 3.05) is 10.1 Å². The van der Waals surface area contributed by atoms with Crippen LogP contribution in [0.25, 0.3) is 21.9 Å². The number of rotatable bonds is 8. The number of hydrogen-bond donors (Lipinski definition) is 0. The van der Waals surface area contributed by atoms with Gasteiger partial charge >= 0.3 is 0 Å². The number of fused-ring (bicyclic) bond motifs is 2. The number of thioether (sulfide) groups is 1. The van der Waals surface area contributed by atoms with Crippen molar-refractivity contribution in [2.24, 2.45) is 7.05 Å². The van der Waals surface area contributed by atoms with Gasteiger partial charge in [-0.15, -0.1) is 5.10 Å². The molecule has 2 unspecified atom stereocenters. The van der Waals surface area contributed by atoms with Gasteiger partial charge in [-0.05, 0) is 53.4 Å². The smallest absolute Gasteiger partial charge is 0.244 e. The van der Waals surface area contributed by atoms with Gasteiger partial charge in [-0.3, -0.25) is 0 Å². The van der Waals surface area contributed by atoms with Crippen LogP contribution in [-0.4, -0.2) is 45.2 Å². The van der Waals surface area contributed by atoms with E-state index >= 15 is 0 Å². The summed E-state index contributed by atoms with van der Waals surface area (Å²) in [4.78, 5) is 9.34. The Morgan fingerprint density at radius 2 is 1.82 bits per heavy atom. The zero-order valence-electron chi connectivity index (χ0n) is 21.1. The second-order valence-corrected chi connectivity index (χ2v) is 12.3. The first-order valence-electron chi connectivity index (χ1n) is 12.5. The molecule has 8 nitrogen and oxygen atoms in total. The highest BCUT2D eigenvalue weighted by molar-refractivity contribution is 7.99. The highest BCUT2D eigenvalue weighted by Gasteiger charge is 2.50. The van der Waals surface area contributed by atoms with Gasteiger partial charge in [-0.25, -0.2) is 36.2 Å². The lowest BCUT2D eigenvalue weighted by atomic mass is 10.1. The quantitative estimate of drug-likeness (QED) is 0.182. The van der Waals surface area contributed by atoms with Gasteiger partial charge in [-0.2, -0.15) is 0 Å². The number of anilines is 1. The maximum Gasteiger partial charge on any atom is 0.265 e. The van der Waals surface area contributed by atoms with E-state index in [0.717, 1.165) is 35.1 Å². The predicted molar refractivity (Wildman–Crippen MR) is 146 cm³/mol. The summed E-state index contributed by atoms with van der Waals surface area (Å²) in [5.41, 5.74) is 1.17. The van der Waals surface area contributed by atoms with E-state index in [1.807, 2.05) is 31.2 Å². The van der Waals surface area contributed by atoms with Gasteiger partial charge in [0.15, 0.2) is 33.8 Å². The molecule has 1 fully saturated rings. The molecule has 0 radical (unpaired) electrons. The Hall–Kier alpha value is -3.64. The van der Waals surface area contributed by atoms with Crippen molar-refractivity contribution in [2.45, 2.75) is 41.8 Å². The first-order valence-corrected chi connectivity index (χ1v) is 14.9. The van der Waals surface area contributed by atoms with Crippen LogP contribution in [-0.2, 0) is 17.1 Å². The Bertz CT molecular complexity index is 1830. The van der Waals surface area contributed by atoms with Crippen molar-refractivity contribution >= 4 is 49.5 Å². The number of halogens is 2. The molecule has 39 heavy (non-hydrogen) atoms. The molecule has 12 heteroatoms. The zero-order valence-corrected chi connectivity index (χ0v) is 22.8. The monoisotopic (exact) mass is 566 g/mol. The SMILES string of the molecule is CCCSc1nc(N(C2CC2c2ccc(F)c(F)c2)S(=O)(=O)c2ccc3ccccc3c2)c2nnn(C)c2n1. The molecule has 2 atom stereocenters. The molecule has 5 aromatic rings. The summed E-state index contributed by atoms with van der Waals surface area (Å²) in [5.74, 6) is -1.42. The molecule has 0 saturated heterocycles. The number of benzene rings is 3. The third kappa shape index (κ3) is 4.61. The molecule has 0 aliphatic heterocycles. The Balaban J connectivity index is 1.53. The fraction of sp³-hybridized carbons (Fsp3) is 0.259. The largest absolute Gasteiger partial charge is 0.265 e. The van der Waals surface area contributed by atoms with E-state index < -0.39 is 27.7 Å². The normalized spacial score (nSPS) is 17.1. The van der Waals surface area contributed by atoms with Gasteiger partial charge in [0.1, 0.15) is 0 Å². The van der Waals surface area contributed by atoms with Crippen molar-refractivity contribution in [1.29, 1.82) is 0 Å². The third-order valence-corrected chi connectivity index (χ3v) is 9.63. The molecule has 1 saturated carbocycles. The summed E-state index contributed by atoms with van der Waals surface area (Å²) in [5, 5.41) is 10.4. The lowest BCUT2D eigenvalue weighted by Crippen LogP contribution is -2.35. The Morgan fingerprint density at radius 1 is 1.03 bits per heavy atom. The summed E-state index contributed by atoms with van der Waals surface area (Å²) in [6.07, 6.45) is 1.28. The standard InChI is InChI=1S/C27H24F2N6O2S2/c1-3-12-38-27-30-25-24(32-33-34(25)2)26(31-27)35(23-15-20(23)18-9-11-21(28)22(29)14-18)39(36,37)19-10-8-16-6-4-5-7-17(16)13-19/h4-11,13-14,20,23H,3,12,15H2,1-2H3. The van der Waals surface area contributed by atoms with Crippen molar-refractivity contribution in [3.05, 3.63) is 77.9 Å². The highest BCUT2D eigenvalue weighted by Crippen LogP contribution is 2.49. The number of nitrogens with zero attached hydrogens (tertiary/aromatic N) is 6. The highest BCUT2D eigenvalue weighted by atomic mass is 32.2. The van der Waals surface area contributed by atoms with Crippen LogP contribution in [0.1, 0.15) is 31.2 Å². The Morgan fingerprint density at radius 3 is 2.59 bits per heavy atom. The molecule has 1 aliphatic rings. The summed E-state index contributed by atoms with van der Waals surface area (Å²) in [6.45, 7) is 2.03. The predicted octanol–water partition coefficient (Wildman–Crippen LogP) is 5.44. The van der Waals surface area contributed by atoms with Gasteiger partial charge in [0.2, 0.25) is 0 Å². The fourth-order valence-corrected chi connectivity index (χ4v) is 7.10. The molecule has 1 aliphatic carbocycles. The summed E-state index contributed by atoms with van der Waals surface area (Å²) < 4.78 is 59.3. The summed E-state index contributed by atoms with van der Waals surface area (Å²) in [6, 6.07) is 15.6. The molecule has 0 spiro atoms. The lowest BCUT2D eigenvalue weighted by molar-refractivity contribution is 0.507. The fourth-order valence-electron chi connectivity index (χ4n) is 4.73. The van der Waals surface area contributed by atoms with Crippen molar-refractivity contribution < 1.29 is 17.2 Å². The average molecular weight is 567 g/mol. The van der Waals surface area contributed by atoms with E-state index in [0.29, 0.717) is 22.8 Å². The topological polar surface area (TPSA) is 93.9 Å². The van der Waals surface area contributed by atoms with E-state index in [-0.39, 0.29) is 22.1 Å². The minimum atomic E-state index is -4.17. The third-order valence-electron chi connectivity index (χ3n) is 6.76. The van der Waals surface area contributed by atoms with Gasteiger partial charge in [0.25, 0.3) is 10.0 Å². The maximum absolute atomic E-state index is 14.4. The minimum Gasteiger partial charge on any atom is -0.244 e. The minimum absolute atomic E-state index is 0.0931. The van der Waals surface area contributed by atoms with E-state index in [9.17, 15) is 17.2 Å². The van der Waals surface area contributed by atoms with Gasteiger partial charge in [-0.1, -0.05) is 60.3 Å². The average Bonchev–Trinajstić information content (AvgIpc) is 3.62. The van der Waals surface area contributed by atoms with Crippen LogP contribution in [0.4, 0.5) is 14.6 Å². The molecule has 2 aromatic heterocycles. The molecular weight excluding hydrogens is 542 g/mol. The second kappa shape index (κ2) is 9.83. The van der Waals surface area contributed by atoms with Crippen LogP contribution >= 0.6 is 11.8 Å². The molecule has 0 bridgehead atoms. The number of sulfonamides is 1. The van der Waals surface area contributed by atoms with Gasteiger partial charge in [0.05, 0.1) is 10.9 Å². The van der Waals surface area contributed by atoms with E-state index in [2.05, 4.69) is 20.3 Å². The maximum atomic E-state index is 14.4. The van der Waals surface area contributed by atoms with E-state index in [1.165, 1.54) is 26.8 Å². The van der Waals surface area contributed by atoms with Crippen LogP contribution in [0, 0.1) is 11.6 Å². The zero-order chi connectivity index (χ0) is 27.3. The van der Waals surface area contributed by atoms with Crippen LogP contribution in [0.15, 0.2) is 70.7 Å². The van der Waals surface area contributed by atoms with Crippen molar-refractivity contribution in [1.82, 2.24) is 25.0 Å². The molecule has 6 rings (SSSR count). The van der Waals surface area contributed by atoms with Crippen molar-refractivity contribution in [3.63, 3.8) is 0 Å².